The molecule has 2 N–H and O–H groups in total. The second-order valence-corrected chi connectivity index (χ2v) is 23.7. The first-order valence-electron chi connectivity index (χ1n) is 31.7. The van der Waals surface area contributed by atoms with Crippen LogP contribution < -0.4 is 5.32 Å². The Morgan fingerprint density at radius 3 is 1.32 bits per heavy atom. The monoisotopic (exact) mass is 1110 g/mol. The fraction of sp³-hybridized carbons (Fsp3) is 0.706. The van der Waals surface area contributed by atoms with Crippen LogP contribution in [-0.2, 0) is 27.9 Å². The number of esters is 1. The molecule has 448 valence electrons. The van der Waals surface area contributed by atoms with Crippen molar-refractivity contribution in [1.82, 2.24) is 5.32 Å². The first kappa shape index (κ1) is 74.7. The molecule has 1 amide bonds. The molecular weight excluding hydrogens is 988 g/mol. The Labute approximate surface area is 481 Å². The van der Waals surface area contributed by atoms with Gasteiger partial charge in [0.25, 0.3) is 0 Å². The van der Waals surface area contributed by atoms with Gasteiger partial charge in [0.2, 0.25) is 5.91 Å². The number of carbonyl (C=O) groups is 2. The van der Waals surface area contributed by atoms with E-state index in [1.165, 1.54) is 89.9 Å². The summed E-state index contributed by atoms with van der Waals surface area (Å²) in [6, 6.07) is -0.875. The van der Waals surface area contributed by atoms with Crippen LogP contribution in [-0.4, -0.2) is 74.3 Å². The van der Waals surface area contributed by atoms with Gasteiger partial charge in [0.05, 0.1) is 33.8 Å². The van der Waals surface area contributed by atoms with Crippen LogP contribution in [0.25, 0.3) is 0 Å². The first-order chi connectivity index (χ1) is 37.9. The molecule has 0 aromatic heterocycles. The Kier molecular flexibility index (Phi) is 54.5. The molecule has 0 bridgehead atoms. The molecule has 0 aliphatic carbocycles. The number of amides is 1. The van der Waals surface area contributed by atoms with Gasteiger partial charge in [0.1, 0.15) is 19.3 Å². The van der Waals surface area contributed by atoms with E-state index in [4.69, 9.17) is 13.8 Å². The van der Waals surface area contributed by atoms with Gasteiger partial charge in [-0.25, -0.2) is 4.57 Å². The number of nitrogens with zero attached hydrogens (tertiary/aromatic N) is 1. The average molecular weight is 1110 g/mol. The molecule has 0 aromatic rings. The number of quaternary nitrogens is 1. The Morgan fingerprint density at radius 1 is 0.474 bits per heavy atom. The molecule has 0 fully saturated rings. The molecule has 3 unspecified atom stereocenters. The van der Waals surface area contributed by atoms with Crippen LogP contribution in [0, 0.1) is 0 Å². The highest BCUT2D eigenvalue weighted by Gasteiger charge is 2.30. The van der Waals surface area contributed by atoms with Gasteiger partial charge in [-0.15, -0.1) is 0 Å². The van der Waals surface area contributed by atoms with Gasteiger partial charge in [0.15, 0.2) is 0 Å². The molecule has 0 saturated heterocycles. The lowest BCUT2D eigenvalue weighted by molar-refractivity contribution is -0.870. The van der Waals surface area contributed by atoms with Crippen LogP contribution in [0.3, 0.4) is 0 Å². The van der Waals surface area contributed by atoms with Crippen molar-refractivity contribution < 1.29 is 37.3 Å². The van der Waals surface area contributed by atoms with Crippen molar-refractivity contribution in [2.75, 3.05) is 40.9 Å². The lowest BCUT2D eigenvalue weighted by Gasteiger charge is -2.27. The van der Waals surface area contributed by atoms with Gasteiger partial charge < -0.3 is 19.4 Å². The minimum atomic E-state index is -4.46. The molecule has 0 aromatic carbocycles. The smallest absolute Gasteiger partial charge is 0.456 e. The van der Waals surface area contributed by atoms with Crippen molar-refractivity contribution in [3.05, 3.63) is 109 Å². The van der Waals surface area contributed by atoms with Crippen molar-refractivity contribution in [1.29, 1.82) is 0 Å². The van der Waals surface area contributed by atoms with Crippen LogP contribution >= 0.6 is 7.82 Å². The maximum absolute atomic E-state index is 13.5. The fourth-order valence-electron chi connectivity index (χ4n) is 8.58. The summed E-state index contributed by atoms with van der Waals surface area (Å²) in [5, 5.41) is 3.03. The van der Waals surface area contributed by atoms with E-state index in [1.807, 2.05) is 33.3 Å². The molecule has 0 aliphatic rings. The van der Waals surface area contributed by atoms with Crippen LogP contribution in [0.4, 0.5) is 0 Å². The minimum Gasteiger partial charge on any atom is -0.456 e. The quantitative estimate of drug-likeness (QED) is 0.0156. The van der Waals surface area contributed by atoms with Crippen LogP contribution in [0.5, 0.6) is 0 Å². The van der Waals surface area contributed by atoms with E-state index in [9.17, 15) is 19.0 Å². The van der Waals surface area contributed by atoms with E-state index >= 15 is 0 Å². The number of likely N-dealkylation sites (N-methyl/N-ethyl adjacent to an activating group) is 1. The molecule has 0 heterocycles. The average Bonchev–Trinajstić information content (AvgIpc) is 3.41. The maximum Gasteiger partial charge on any atom is 0.472 e. The van der Waals surface area contributed by atoms with E-state index < -0.39 is 20.0 Å². The van der Waals surface area contributed by atoms with Gasteiger partial charge in [-0.05, 0) is 109 Å². The number of nitrogens with one attached hydrogen (secondary N) is 1. The zero-order valence-electron chi connectivity index (χ0n) is 51.1. The van der Waals surface area contributed by atoms with Gasteiger partial charge in [0, 0.05) is 12.8 Å². The zero-order chi connectivity index (χ0) is 57.2. The van der Waals surface area contributed by atoms with Gasteiger partial charge in [-0.2, -0.15) is 0 Å². The third-order valence-electron chi connectivity index (χ3n) is 13.5. The van der Waals surface area contributed by atoms with Crippen LogP contribution in [0.1, 0.15) is 258 Å². The van der Waals surface area contributed by atoms with Gasteiger partial charge in [-0.3, -0.25) is 18.6 Å². The van der Waals surface area contributed by atoms with E-state index in [0.29, 0.717) is 30.3 Å². The number of ether oxygens (including phenoxy) is 1. The summed E-state index contributed by atoms with van der Waals surface area (Å²) in [6.07, 6.45) is 78.1. The Morgan fingerprint density at radius 2 is 0.859 bits per heavy atom. The van der Waals surface area contributed by atoms with Crippen LogP contribution in [0.2, 0.25) is 0 Å². The van der Waals surface area contributed by atoms with Gasteiger partial charge >= 0.3 is 13.8 Å². The van der Waals surface area contributed by atoms with Gasteiger partial charge in [-0.1, -0.05) is 246 Å². The summed E-state index contributed by atoms with van der Waals surface area (Å²) < 4.78 is 30.7. The summed E-state index contributed by atoms with van der Waals surface area (Å²) in [5.41, 5.74) is 0. The number of carbonyl (C=O) groups excluding carboxylic acids is 2. The van der Waals surface area contributed by atoms with Crippen molar-refractivity contribution in [2.24, 2.45) is 0 Å². The predicted octanol–water partition coefficient (Wildman–Crippen LogP) is 19.7. The summed E-state index contributed by atoms with van der Waals surface area (Å²) in [5.74, 6) is -0.558. The highest BCUT2D eigenvalue weighted by molar-refractivity contribution is 7.47. The highest BCUT2D eigenvalue weighted by atomic mass is 31.2. The number of hydrogen-bond donors (Lipinski definition) is 2. The standard InChI is InChI=1S/C68H119N2O7P/c1-7-10-13-16-19-22-25-27-29-31-32-33-34-35-36-37-38-39-41-43-46-49-52-55-58-61-68(72)77-66(59-56-53-50-47-44-24-21-18-15-12-9-3)65(64-76-78(73,74)75-63-62-70(4,5)6)69-67(71)60-57-54-51-48-45-42-40-30-28-26-23-20-17-14-11-8-2/h10,13,19,22,27,29-30,32-33,35-36,38-40,42,45,56,59,65-66H,7-9,11-12,14-18,20-21,23-26,28,31,34,37,41,43-44,46-55,57-58,60-64H2,1-6H3,(H-,69,71,73,74)/p+1/b13-10-,22-19-,29-27-,33-32-,36-35-,39-38-,40-30+,45-42+,59-56-. The third-order valence-corrected chi connectivity index (χ3v) is 14.5. The lowest BCUT2D eigenvalue weighted by atomic mass is 10.1. The van der Waals surface area contributed by atoms with Crippen molar-refractivity contribution >= 4 is 19.7 Å². The third kappa shape index (κ3) is 57.4. The molecule has 0 saturated carbocycles. The summed E-state index contributed by atoms with van der Waals surface area (Å²) in [7, 11) is 1.46. The molecule has 10 heteroatoms. The Hall–Kier alpha value is -3.33. The zero-order valence-corrected chi connectivity index (χ0v) is 52.0. The number of hydrogen-bond acceptors (Lipinski definition) is 6. The summed E-state index contributed by atoms with van der Waals surface area (Å²) in [6.45, 7) is 6.85. The predicted molar refractivity (Wildman–Crippen MR) is 337 cm³/mol. The summed E-state index contributed by atoms with van der Waals surface area (Å²) >= 11 is 0. The van der Waals surface area contributed by atoms with Crippen molar-refractivity contribution in [3.8, 4) is 0 Å². The number of rotatable bonds is 56. The number of allylic oxidation sites excluding steroid dienone is 17. The number of unbranched alkanes of at least 4 members (excludes halogenated alkanes) is 25. The molecule has 3 atom stereocenters. The molecule has 0 radical (unpaired) electrons. The number of phosphoric acid groups is 1. The van der Waals surface area contributed by atoms with Crippen molar-refractivity contribution in [3.63, 3.8) is 0 Å². The molecule has 0 aliphatic heterocycles. The Balaban J connectivity index is 5.23. The molecule has 78 heavy (non-hydrogen) atoms. The van der Waals surface area contributed by atoms with Crippen LogP contribution in [0.15, 0.2) is 109 Å². The minimum absolute atomic E-state index is 0.0273. The molecule has 0 rings (SSSR count). The fourth-order valence-corrected chi connectivity index (χ4v) is 9.32. The second-order valence-electron chi connectivity index (χ2n) is 22.2. The highest BCUT2D eigenvalue weighted by Crippen LogP contribution is 2.43. The lowest BCUT2D eigenvalue weighted by Crippen LogP contribution is -2.47. The maximum atomic E-state index is 13.5. The molecule has 9 nitrogen and oxygen atoms in total. The molecule has 0 spiro atoms. The topological polar surface area (TPSA) is 111 Å². The van der Waals surface area contributed by atoms with E-state index in [1.54, 1.807) is 0 Å². The largest absolute Gasteiger partial charge is 0.472 e. The SMILES string of the molecule is CC/C=C\C/C=C\C/C=C\C/C=C\C/C=C\C/C=C\CCCCCCCCC(=O)OC(/C=C\CCCCCCCCCCC)C(COP(=O)(O)OCC[N+](C)(C)C)NC(=O)CCCCC/C=C/C=C/CCCCCCCCC. The van der Waals surface area contributed by atoms with Crippen molar-refractivity contribution in [2.45, 2.75) is 270 Å². The normalized spacial score (nSPS) is 14.4. The number of phosphoric ester groups is 1. The summed E-state index contributed by atoms with van der Waals surface area (Å²) in [4.78, 5) is 37.7. The first-order valence-corrected chi connectivity index (χ1v) is 33.2. The van der Waals surface area contributed by atoms with E-state index in [2.05, 4.69) is 123 Å². The molecular formula is C68H120N2O7P+. The van der Waals surface area contributed by atoms with E-state index in [-0.39, 0.29) is 31.5 Å². The Bertz CT molecular complexity index is 1700. The second kappa shape index (κ2) is 56.9. The van der Waals surface area contributed by atoms with E-state index in [0.717, 1.165) is 122 Å².